The molecule has 2 aliphatic rings. The molecule has 0 aromatic rings. The average molecular weight is 254 g/mol. The van der Waals surface area contributed by atoms with Crippen LogP contribution in [-0.2, 0) is 14.3 Å². The molecule has 0 spiro atoms. The lowest BCUT2D eigenvalue weighted by molar-refractivity contribution is -0.143. The number of esters is 1. The molecule has 0 aromatic heterocycles. The van der Waals surface area contributed by atoms with Crippen LogP contribution in [0.3, 0.4) is 0 Å². The highest BCUT2D eigenvalue weighted by Gasteiger charge is 2.37. The summed E-state index contributed by atoms with van der Waals surface area (Å²) >= 11 is 0. The number of epoxide rings is 1. The Hall–Kier alpha value is -0.570. The van der Waals surface area contributed by atoms with Gasteiger partial charge in [0.1, 0.15) is 0 Å². The highest BCUT2D eigenvalue weighted by molar-refractivity contribution is 5.69. The van der Waals surface area contributed by atoms with E-state index >= 15 is 0 Å². The molecule has 0 aromatic carbocycles. The van der Waals surface area contributed by atoms with Gasteiger partial charge in [0.2, 0.25) is 0 Å². The Labute approximate surface area is 110 Å². The molecule has 0 saturated carbocycles. The van der Waals surface area contributed by atoms with E-state index in [1.165, 1.54) is 51.4 Å². The van der Waals surface area contributed by atoms with Gasteiger partial charge in [-0.25, -0.2) is 0 Å². The molecule has 104 valence electrons. The molecule has 0 N–H and O–H groups in total. The highest BCUT2D eigenvalue weighted by atomic mass is 16.6. The van der Waals surface area contributed by atoms with Gasteiger partial charge in [-0.15, -0.1) is 0 Å². The largest absolute Gasteiger partial charge is 0.466 e. The number of carbonyl (C=O) groups is 1. The van der Waals surface area contributed by atoms with Crippen molar-refractivity contribution in [3.05, 3.63) is 0 Å². The second-order valence-corrected chi connectivity index (χ2v) is 5.59. The number of hydrogen-bond donors (Lipinski definition) is 0. The summed E-state index contributed by atoms with van der Waals surface area (Å²) in [7, 11) is 0. The monoisotopic (exact) mass is 254 g/mol. The van der Waals surface area contributed by atoms with E-state index in [2.05, 4.69) is 0 Å². The molecule has 2 aliphatic heterocycles. The number of rotatable bonds is 0. The Bertz CT molecular complexity index is 252. The molecule has 2 saturated heterocycles. The molecule has 2 atom stereocenters. The molecule has 0 radical (unpaired) electrons. The van der Waals surface area contributed by atoms with Crippen LogP contribution >= 0.6 is 0 Å². The molecule has 0 aliphatic carbocycles. The quantitative estimate of drug-likeness (QED) is 0.489. The van der Waals surface area contributed by atoms with E-state index in [9.17, 15) is 4.79 Å². The molecule has 2 fully saturated rings. The SMILES string of the molecule is O=C1CCCCCCCCCC[C@H]2O[C@@H]2CCO1. The second kappa shape index (κ2) is 7.78. The molecule has 18 heavy (non-hydrogen) atoms. The van der Waals surface area contributed by atoms with Gasteiger partial charge < -0.3 is 9.47 Å². The van der Waals surface area contributed by atoms with Crippen molar-refractivity contribution in [2.45, 2.75) is 82.8 Å². The lowest BCUT2D eigenvalue weighted by atomic mass is 10.0. The second-order valence-electron chi connectivity index (χ2n) is 5.59. The Morgan fingerprint density at radius 3 is 2.17 bits per heavy atom. The Morgan fingerprint density at radius 1 is 0.778 bits per heavy atom. The number of carbonyl (C=O) groups excluding carboxylic acids is 1. The van der Waals surface area contributed by atoms with Crippen LogP contribution in [0.4, 0.5) is 0 Å². The Morgan fingerprint density at radius 2 is 1.39 bits per heavy atom. The first-order valence-electron chi connectivity index (χ1n) is 7.67. The molecular weight excluding hydrogens is 228 g/mol. The van der Waals surface area contributed by atoms with Crippen molar-refractivity contribution in [3.8, 4) is 0 Å². The fraction of sp³-hybridized carbons (Fsp3) is 0.933. The fourth-order valence-electron chi connectivity index (χ4n) is 2.72. The van der Waals surface area contributed by atoms with Crippen molar-refractivity contribution in [3.63, 3.8) is 0 Å². The van der Waals surface area contributed by atoms with E-state index in [1.54, 1.807) is 0 Å². The van der Waals surface area contributed by atoms with E-state index < -0.39 is 0 Å². The van der Waals surface area contributed by atoms with Gasteiger partial charge >= 0.3 is 5.97 Å². The molecular formula is C15H26O3. The molecule has 2 heterocycles. The van der Waals surface area contributed by atoms with Gasteiger partial charge in [-0.2, -0.15) is 0 Å². The molecule has 0 amide bonds. The van der Waals surface area contributed by atoms with E-state index in [-0.39, 0.29) is 5.97 Å². The summed E-state index contributed by atoms with van der Waals surface area (Å²) in [4.78, 5) is 11.4. The molecule has 3 nitrogen and oxygen atoms in total. The Balaban J connectivity index is 1.65. The standard InChI is InChI=1S/C15H26O3/c16-15-10-8-6-4-2-1-3-5-7-9-13-14(18-13)11-12-17-15/h13-14H,1-12H2/t13-,14-/m1/s1. The van der Waals surface area contributed by atoms with Crippen LogP contribution < -0.4 is 0 Å². The first kappa shape index (κ1) is 13.9. The van der Waals surface area contributed by atoms with Crippen LogP contribution in [0, 0.1) is 0 Å². The predicted molar refractivity (Wildman–Crippen MR) is 70.4 cm³/mol. The third kappa shape index (κ3) is 5.38. The van der Waals surface area contributed by atoms with E-state index in [4.69, 9.17) is 9.47 Å². The van der Waals surface area contributed by atoms with Gasteiger partial charge in [-0.3, -0.25) is 4.79 Å². The summed E-state index contributed by atoms with van der Waals surface area (Å²) in [6.07, 6.45) is 13.6. The van der Waals surface area contributed by atoms with Crippen molar-refractivity contribution in [2.24, 2.45) is 0 Å². The predicted octanol–water partition coefficient (Wildman–Crippen LogP) is 3.60. The summed E-state index contributed by atoms with van der Waals surface area (Å²) < 4.78 is 10.8. The maximum Gasteiger partial charge on any atom is 0.305 e. The lowest BCUT2D eigenvalue weighted by Gasteiger charge is -2.05. The van der Waals surface area contributed by atoms with E-state index in [0.29, 0.717) is 25.2 Å². The number of ether oxygens (including phenoxy) is 2. The maximum atomic E-state index is 11.4. The van der Waals surface area contributed by atoms with Crippen molar-refractivity contribution in [2.75, 3.05) is 6.61 Å². The summed E-state index contributed by atoms with van der Waals surface area (Å²) in [5.41, 5.74) is 0. The Kier molecular flexibility index (Phi) is 5.98. The van der Waals surface area contributed by atoms with Gasteiger partial charge in [0.05, 0.1) is 18.8 Å². The minimum atomic E-state index is -0.0284. The summed E-state index contributed by atoms with van der Waals surface area (Å²) in [6, 6.07) is 0. The topological polar surface area (TPSA) is 38.8 Å². The lowest BCUT2D eigenvalue weighted by Crippen LogP contribution is -2.08. The van der Waals surface area contributed by atoms with Crippen molar-refractivity contribution < 1.29 is 14.3 Å². The first-order chi connectivity index (χ1) is 8.86. The fourth-order valence-corrected chi connectivity index (χ4v) is 2.72. The van der Waals surface area contributed by atoms with Crippen LogP contribution in [0.5, 0.6) is 0 Å². The molecule has 0 unspecified atom stereocenters. The third-order valence-corrected chi connectivity index (χ3v) is 3.97. The van der Waals surface area contributed by atoms with Crippen LogP contribution in [0.15, 0.2) is 0 Å². The van der Waals surface area contributed by atoms with Crippen molar-refractivity contribution in [1.29, 1.82) is 0 Å². The van der Waals surface area contributed by atoms with Gasteiger partial charge in [-0.05, 0) is 12.8 Å². The van der Waals surface area contributed by atoms with Gasteiger partial charge in [-0.1, -0.05) is 44.9 Å². The molecule has 2 rings (SSSR count). The van der Waals surface area contributed by atoms with Gasteiger partial charge in [0.25, 0.3) is 0 Å². The number of fused-ring (bicyclic) bond motifs is 1. The van der Waals surface area contributed by atoms with Crippen LogP contribution in [0.1, 0.15) is 70.6 Å². The minimum Gasteiger partial charge on any atom is -0.466 e. The summed E-state index contributed by atoms with van der Waals surface area (Å²) in [5, 5.41) is 0. The van der Waals surface area contributed by atoms with Gasteiger partial charge in [0.15, 0.2) is 0 Å². The normalized spacial score (nSPS) is 32.3. The van der Waals surface area contributed by atoms with Crippen LogP contribution in [0.2, 0.25) is 0 Å². The minimum absolute atomic E-state index is 0.0284. The smallest absolute Gasteiger partial charge is 0.305 e. The molecule has 3 heteroatoms. The third-order valence-electron chi connectivity index (χ3n) is 3.97. The highest BCUT2D eigenvalue weighted by Crippen LogP contribution is 2.30. The zero-order chi connectivity index (χ0) is 12.6. The van der Waals surface area contributed by atoms with Crippen molar-refractivity contribution >= 4 is 5.97 Å². The summed E-state index contributed by atoms with van der Waals surface area (Å²) in [6.45, 7) is 0.542. The zero-order valence-electron chi connectivity index (χ0n) is 11.4. The van der Waals surface area contributed by atoms with E-state index in [1.807, 2.05) is 0 Å². The van der Waals surface area contributed by atoms with Crippen molar-refractivity contribution in [1.82, 2.24) is 0 Å². The first-order valence-corrected chi connectivity index (χ1v) is 7.67. The maximum absolute atomic E-state index is 11.4. The van der Waals surface area contributed by atoms with E-state index in [0.717, 1.165) is 12.8 Å². The number of cyclic esters (lactones) is 1. The summed E-state index contributed by atoms with van der Waals surface area (Å²) in [5.74, 6) is -0.0284. The average Bonchev–Trinajstić information content (AvgIpc) is 3.09. The van der Waals surface area contributed by atoms with Gasteiger partial charge in [0, 0.05) is 12.8 Å². The zero-order valence-corrected chi connectivity index (χ0v) is 11.4. The van der Waals surface area contributed by atoms with Crippen LogP contribution in [-0.4, -0.2) is 24.8 Å². The molecule has 0 bridgehead atoms. The number of hydrogen-bond acceptors (Lipinski definition) is 3. The van der Waals surface area contributed by atoms with Crippen LogP contribution in [0.25, 0.3) is 0 Å².